The number of rotatable bonds is 3. The minimum atomic E-state index is -0.441. The first kappa shape index (κ1) is 14.1. The summed E-state index contributed by atoms with van der Waals surface area (Å²) in [7, 11) is 0. The Morgan fingerprint density at radius 2 is 2.10 bits per heavy atom. The average molecular weight is 353 g/mol. The van der Waals surface area contributed by atoms with Crippen LogP contribution in [0.4, 0.5) is 4.39 Å². The number of halogens is 2. The van der Waals surface area contributed by atoms with E-state index in [1.165, 1.54) is 16.5 Å². The number of thioether (sulfide) groups is 1. The van der Waals surface area contributed by atoms with E-state index in [4.69, 9.17) is 0 Å². The summed E-state index contributed by atoms with van der Waals surface area (Å²) < 4.78 is 13.7. The minimum absolute atomic E-state index is 0.153. The molecule has 0 saturated heterocycles. The maximum Gasteiger partial charge on any atom is 0.137 e. The quantitative estimate of drug-likeness (QED) is 0.884. The van der Waals surface area contributed by atoms with Crippen molar-refractivity contribution in [2.45, 2.75) is 23.3 Å². The zero-order valence-corrected chi connectivity index (χ0v) is 13.1. The van der Waals surface area contributed by atoms with Crippen LogP contribution in [0.3, 0.4) is 0 Å². The normalized spacial score (nSPS) is 18.9. The first-order valence-corrected chi connectivity index (χ1v) is 8.27. The molecule has 2 unspecified atom stereocenters. The van der Waals surface area contributed by atoms with Gasteiger partial charge in [-0.25, -0.2) is 4.39 Å². The summed E-state index contributed by atoms with van der Waals surface area (Å²) in [5.74, 6) is 0.785. The summed E-state index contributed by atoms with van der Waals surface area (Å²) in [6, 6.07) is 13.1. The fourth-order valence-electron chi connectivity index (χ4n) is 2.56. The predicted octanol–water partition coefficient (Wildman–Crippen LogP) is 4.38. The first-order valence-electron chi connectivity index (χ1n) is 6.49. The molecule has 0 radical (unpaired) electrons. The molecule has 1 nitrogen and oxygen atoms in total. The number of aliphatic hydroxyl groups excluding tert-OH is 1. The van der Waals surface area contributed by atoms with Gasteiger partial charge in [0.1, 0.15) is 5.82 Å². The fourth-order valence-corrected chi connectivity index (χ4v) is 4.30. The zero-order chi connectivity index (χ0) is 14.1. The van der Waals surface area contributed by atoms with E-state index in [2.05, 4.69) is 28.1 Å². The number of benzene rings is 2. The Kier molecular flexibility index (Phi) is 4.15. The van der Waals surface area contributed by atoms with Crippen LogP contribution in [0.2, 0.25) is 0 Å². The first-order chi connectivity index (χ1) is 9.65. The van der Waals surface area contributed by atoms with E-state index in [0.29, 0.717) is 10.9 Å². The molecule has 0 amide bonds. The third-order valence-electron chi connectivity index (χ3n) is 3.63. The van der Waals surface area contributed by atoms with E-state index >= 15 is 0 Å². The highest BCUT2D eigenvalue weighted by molar-refractivity contribution is 9.10. The van der Waals surface area contributed by atoms with Crippen molar-refractivity contribution in [3.05, 3.63) is 63.9 Å². The lowest BCUT2D eigenvalue weighted by atomic mass is 9.91. The maximum absolute atomic E-state index is 13.2. The summed E-state index contributed by atoms with van der Waals surface area (Å²) in [5.41, 5.74) is 2.17. The van der Waals surface area contributed by atoms with E-state index < -0.39 is 6.10 Å². The molecule has 20 heavy (non-hydrogen) atoms. The third kappa shape index (κ3) is 2.78. The second-order valence-corrected chi connectivity index (χ2v) is 6.89. The van der Waals surface area contributed by atoms with Gasteiger partial charge >= 0.3 is 0 Å². The summed E-state index contributed by atoms with van der Waals surface area (Å²) in [4.78, 5) is 1.26. The smallest absolute Gasteiger partial charge is 0.137 e. The van der Waals surface area contributed by atoms with Crippen molar-refractivity contribution in [2.24, 2.45) is 0 Å². The van der Waals surface area contributed by atoms with Gasteiger partial charge in [0.25, 0.3) is 0 Å². The highest BCUT2D eigenvalue weighted by atomic mass is 79.9. The van der Waals surface area contributed by atoms with E-state index in [1.807, 2.05) is 12.1 Å². The van der Waals surface area contributed by atoms with Crippen LogP contribution in [-0.2, 0) is 6.42 Å². The van der Waals surface area contributed by atoms with Gasteiger partial charge in [0.05, 0.1) is 10.6 Å². The van der Waals surface area contributed by atoms with Crippen molar-refractivity contribution in [1.82, 2.24) is 0 Å². The van der Waals surface area contributed by atoms with Crippen LogP contribution < -0.4 is 0 Å². The van der Waals surface area contributed by atoms with Crippen LogP contribution in [0, 0.1) is 5.82 Å². The van der Waals surface area contributed by atoms with Crippen LogP contribution in [0.5, 0.6) is 0 Å². The second kappa shape index (κ2) is 5.88. The lowest BCUT2D eigenvalue weighted by Crippen LogP contribution is -2.21. The van der Waals surface area contributed by atoms with Gasteiger partial charge in [0.15, 0.2) is 0 Å². The highest BCUT2D eigenvalue weighted by Crippen LogP contribution is 2.41. The molecule has 3 rings (SSSR count). The molecule has 2 aromatic carbocycles. The van der Waals surface area contributed by atoms with Crippen LogP contribution in [0.1, 0.15) is 17.0 Å². The van der Waals surface area contributed by atoms with Gasteiger partial charge < -0.3 is 5.11 Å². The van der Waals surface area contributed by atoms with Crippen LogP contribution in [0.25, 0.3) is 0 Å². The second-order valence-electron chi connectivity index (χ2n) is 4.98. The van der Waals surface area contributed by atoms with E-state index in [-0.39, 0.29) is 11.7 Å². The van der Waals surface area contributed by atoms with E-state index in [9.17, 15) is 9.50 Å². The molecule has 0 fully saturated rings. The molecule has 0 aromatic heterocycles. The van der Waals surface area contributed by atoms with Crippen LogP contribution >= 0.6 is 27.7 Å². The zero-order valence-electron chi connectivity index (χ0n) is 10.7. The maximum atomic E-state index is 13.2. The molecule has 0 aliphatic carbocycles. The van der Waals surface area contributed by atoms with Crippen molar-refractivity contribution < 1.29 is 9.50 Å². The van der Waals surface area contributed by atoms with Crippen molar-refractivity contribution in [2.75, 3.05) is 5.75 Å². The molecule has 4 heteroatoms. The topological polar surface area (TPSA) is 20.2 Å². The highest BCUT2D eigenvalue weighted by Gasteiger charge is 2.29. The van der Waals surface area contributed by atoms with E-state index in [0.717, 1.165) is 11.3 Å². The summed E-state index contributed by atoms with van der Waals surface area (Å²) >= 11 is 4.98. The number of fused-ring (bicyclic) bond motifs is 1. The number of hydrogen-bond donors (Lipinski definition) is 1. The van der Waals surface area contributed by atoms with Gasteiger partial charge in [0, 0.05) is 16.6 Å². The lowest BCUT2D eigenvalue weighted by Gasteiger charge is -2.18. The molecule has 0 saturated carbocycles. The van der Waals surface area contributed by atoms with Gasteiger partial charge in [-0.3, -0.25) is 0 Å². The Bertz CT molecular complexity index is 632. The minimum Gasteiger partial charge on any atom is -0.392 e. The molecule has 2 atom stereocenters. The van der Waals surface area contributed by atoms with Gasteiger partial charge in [0.2, 0.25) is 0 Å². The predicted molar refractivity (Wildman–Crippen MR) is 83.7 cm³/mol. The van der Waals surface area contributed by atoms with Crippen molar-refractivity contribution in [3.63, 3.8) is 0 Å². The summed E-state index contributed by atoms with van der Waals surface area (Å²) in [6.45, 7) is 0. The largest absolute Gasteiger partial charge is 0.392 e. The fraction of sp³-hybridized carbons (Fsp3) is 0.250. The summed E-state index contributed by atoms with van der Waals surface area (Å²) in [6.07, 6.45) is 0.0989. The molecule has 1 aliphatic heterocycles. The van der Waals surface area contributed by atoms with Gasteiger partial charge in [-0.1, -0.05) is 24.3 Å². The molecule has 0 bridgehead atoms. The Balaban J connectivity index is 1.77. The molecule has 1 aliphatic rings. The number of hydrogen-bond acceptors (Lipinski definition) is 2. The van der Waals surface area contributed by atoms with Gasteiger partial charge in [-0.2, -0.15) is 0 Å². The molecular weight excluding hydrogens is 339 g/mol. The monoisotopic (exact) mass is 352 g/mol. The lowest BCUT2D eigenvalue weighted by molar-refractivity contribution is 0.151. The standard InChI is InChI=1S/C16H14BrFOS/c17-13-7-10(5-6-14(13)18)8-15(19)12-9-20-16-4-2-1-3-11(12)16/h1-7,12,15,19H,8-9H2. The molecule has 2 aromatic rings. The van der Waals surface area contributed by atoms with Crippen molar-refractivity contribution >= 4 is 27.7 Å². The molecule has 1 heterocycles. The molecule has 1 N–H and O–H groups in total. The average Bonchev–Trinajstić information content (AvgIpc) is 2.87. The Morgan fingerprint density at radius 3 is 2.90 bits per heavy atom. The molecular formula is C16H14BrFOS. The third-order valence-corrected chi connectivity index (χ3v) is 5.45. The Morgan fingerprint density at radius 1 is 1.30 bits per heavy atom. The van der Waals surface area contributed by atoms with Crippen LogP contribution in [0.15, 0.2) is 51.8 Å². The molecule has 0 spiro atoms. The van der Waals surface area contributed by atoms with Crippen molar-refractivity contribution in [3.8, 4) is 0 Å². The number of aliphatic hydroxyl groups is 1. The Hall–Kier alpha value is -0.840. The Labute approximate surface area is 130 Å². The van der Waals surface area contributed by atoms with Crippen LogP contribution in [-0.4, -0.2) is 17.0 Å². The van der Waals surface area contributed by atoms with Gasteiger partial charge in [-0.05, 0) is 51.7 Å². The van der Waals surface area contributed by atoms with Crippen molar-refractivity contribution in [1.29, 1.82) is 0 Å². The summed E-state index contributed by atoms with van der Waals surface area (Å²) in [5, 5.41) is 10.5. The van der Waals surface area contributed by atoms with Gasteiger partial charge in [-0.15, -0.1) is 11.8 Å². The molecule has 104 valence electrons. The SMILES string of the molecule is OC(Cc1ccc(F)c(Br)c1)C1CSc2ccccc21. The van der Waals surface area contributed by atoms with E-state index in [1.54, 1.807) is 23.9 Å².